The fourth-order valence-corrected chi connectivity index (χ4v) is 3.38. The summed E-state index contributed by atoms with van der Waals surface area (Å²) >= 11 is 6.59. The number of hydrogen-bond acceptors (Lipinski definition) is 4. The van der Waals surface area contributed by atoms with Gasteiger partial charge in [0.2, 0.25) is 0 Å². The van der Waals surface area contributed by atoms with E-state index in [0.29, 0.717) is 6.42 Å². The van der Waals surface area contributed by atoms with Gasteiger partial charge in [0.1, 0.15) is 9.61 Å². The van der Waals surface area contributed by atoms with Gasteiger partial charge in [0.05, 0.1) is 22.2 Å². The van der Waals surface area contributed by atoms with Gasteiger partial charge in [-0.05, 0) is 27.4 Å². The molecule has 0 saturated carbocycles. The lowest BCUT2D eigenvalue weighted by Crippen LogP contribution is -1.74. The van der Waals surface area contributed by atoms with E-state index in [4.69, 9.17) is 5.26 Å². The van der Waals surface area contributed by atoms with Crippen LogP contribution >= 0.6 is 38.6 Å². The van der Waals surface area contributed by atoms with Crippen molar-refractivity contribution >= 4 is 38.6 Å². The highest BCUT2D eigenvalue weighted by atomic mass is 79.9. The normalized spacial score (nSPS) is 10.0. The van der Waals surface area contributed by atoms with Crippen molar-refractivity contribution in [3.8, 4) is 16.0 Å². The molecule has 0 atom stereocenters. The molecular formula is C9H5BrN2S2. The fourth-order valence-electron chi connectivity index (χ4n) is 1.02. The van der Waals surface area contributed by atoms with Crippen molar-refractivity contribution in [3.63, 3.8) is 0 Å². The van der Waals surface area contributed by atoms with E-state index in [2.05, 4.69) is 27.0 Å². The molecule has 0 aliphatic rings. The monoisotopic (exact) mass is 284 g/mol. The Morgan fingerprint density at radius 2 is 2.43 bits per heavy atom. The van der Waals surface area contributed by atoms with Gasteiger partial charge in [-0.2, -0.15) is 5.26 Å². The molecule has 2 heterocycles. The van der Waals surface area contributed by atoms with E-state index < -0.39 is 0 Å². The highest BCUT2D eigenvalue weighted by Crippen LogP contribution is 2.33. The zero-order valence-corrected chi connectivity index (χ0v) is 10.2. The molecule has 0 fully saturated rings. The molecular weight excluding hydrogens is 280 g/mol. The molecule has 14 heavy (non-hydrogen) atoms. The summed E-state index contributed by atoms with van der Waals surface area (Å²) in [6.07, 6.45) is 0.420. The number of aromatic nitrogens is 1. The van der Waals surface area contributed by atoms with Gasteiger partial charge in [0, 0.05) is 0 Å². The van der Waals surface area contributed by atoms with E-state index in [1.165, 1.54) is 0 Å². The predicted octanol–water partition coefficient (Wildman–Crippen LogP) is 3.70. The minimum absolute atomic E-state index is 0.420. The van der Waals surface area contributed by atoms with Crippen LogP contribution in [0, 0.1) is 11.3 Å². The van der Waals surface area contributed by atoms with E-state index in [0.717, 1.165) is 19.4 Å². The molecule has 0 N–H and O–H groups in total. The smallest absolute Gasteiger partial charge is 0.134 e. The summed E-state index contributed by atoms with van der Waals surface area (Å²) in [6, 6.07) is 6.16. The molecule has 0 aliphatic heterocycles. The molecule has 0 bridgehead atoms. The number of nitriles is 1. The Hall–Kier alpha value is -0.700. The van der Waals surface area contributed by atoms with Crippen LogP contribution < -0.4 is 0 Å². The van der Waals surface area contributed by atoms with E-state index in [9.17, 15) is 0 Å². The van der Waals surface area contributed by atoms with Crippen molar-refractivity contribution in [1.82, 2.24) is 4.98 Å². The molecule has 70 valence electrons. The van der Waals surface area contributed by atoms with Gasteiger partial charge in [-0.1, -0.05) is 6.07 Å². The molecule has 2 aromatic rings. The molecule has 0 aliphatic carbocycles. The first kappa shape index (κ1) is 9.84. The molecule has 5 heteroatoms. The Morgan fingerprint density at radius 1 is 1.57 bits per heavy atom. The van der Waals surface area contributed by atoms with Gasteiger partial charge < -0.3 is 0 Å². The Morgan fingerprint density at radius 3 is 3.07 bits per heavy atom. The number of hydrogen-bond donors (Lipinski definition) is 0. The van der Waals surface area contributed by atoms with E-state index in [-0.39, 0.29) is 0 Å². The van der Waals surface area contributed by atoms with Crippen molar-refractivity contribution in [2.24, 2.45) is 0 Å². The predicted molar refractivity (Wildman–Crippen MR) is 62.4 cm³/mol. The average Bonchev–Trinajstić information content (AvgIpc) is 2.76. The van der Waals surface area contributed by atoms with Gasteiger partial charge in [0.25, 0.3) is 0 Å². The van der Waals surface area contributed by atoms with E-state index >= 15 is 0 Å². The van der Waals surface area contributed by atoms with E-state index in [1.807, 2.05) is 17.5 Å². The molecule has 0 spiro atoms. The summed E-state index contributed by atoms with van der Waals surface area (Å²) < 4.78 is 0.799. The van der Waals surface area contributed by atoms with Gasteiger partial charge in [-0.25, -0.2) is 4.98 Å². The summed E-state index contributed by atoms with van der Waals surface area (Å²) in [6.45, 7) is 0. The SMILES string of the molecule is N#CCc1sc(-c2cccs2)nc1Br. The standard InChI is InChI=1S/C9H5BrN2S2/c10-8-6(3-4-11)14-9(12-8)7-2-1-5-13-7/h1-2,5H,3H2. The molecule has 0 amide bonds. The molecule has 2 nitrogen and oxygen atoms in total. The summed E-state index contributed by atoms with van der Waals surface area (Å²) in [5.41, 5.74) is 0. The summed E-state index contributed by atoms with van der Waals surface area (Å²) in [5.74, 6) is 0. The second kappa shape index (κ2) is 4.22. The van der Waals surface area contributed by atoms with Crippen LogP contribution in [0.3, 0.4) is 0 Å². The lowest BCUT2D eigenvalue weighted by atomic mass is 10.4. The molecule has 0 saturated heterocycles. The fraction of sp³-hybridized carbons (Fsp3) is 0.111. The quantitative estimate of drug-likeness (QED) is 0.843. The highest BCUT2D eigenvalue weighted by molar-refractivity contribution is 9.10. The zero-order chi connectivity index (χ0) is 9.97. The lowest BCUT2D eigenvalue weighted by molar-refractivity contribution is 1.25. The second-order valence-corrected chi connectivity index (χ2v) is 5.33. The number of rotatable bonds is 2. The van der Waals surface area contributed by atoms with Gasteiger partial charge >= 0.3 is 0 Å². The number of thiazole rings is 1. The van der Waals surface area contributed by atoms with E-state index in [1.54, 1.807) is 22.7 Å². The first-order valence-electron chi connectivity index (χ1n) is 3.87. The van der Waals surface area contributed by atoms with Crippen molar-refractivity contribution < 1.29 is 0 Å². The van der Waals surface area contributed by atoms with Crippen LogP contribution in [0.5, 0.6) is 0 Å². The lowest BCUT2D eigenvalue weighted by Gasteiger charge is -1.84. The number of halogens is 1. The largest absolute Gasteiger partial charge is 0.228 e. The van der Waals surface area contributed by atoms with Crippen LogP contribution in [0.15, 0.2) is 22.1 Å². The Balaban J connectivity index is 2.39. The minimum atomic E-state index is 0.420. The van der Waals surface area contributed by atoms with Crippen LogP contribution in [0.1, 0.15) is 4.88 Å². The first-order chi connectivity index (χ1) is 6.81. The van der Waals surface area contributed by atoms with Crippen LogP contribution in [-0.2, 0) is 6.42 Å². The van der Waals surface area contributed by atoms with Crippen LogP contribution in [0.4, 0.5) is 0 Å². The number of thiophene rings is 1. The Bertz CT molecular complexity index is 467. The average molecular weight is 285 g/mol. The van der Waals surface area contributed by atoms with Gasteiger partial charge in [-0.3, -0.25) is 0 Å². The van der Waals surface area contributed by atoms with Crippen LogP contribution in [0.2, 0.25) is 0 Å². The number of nitrogens with zero attached hydrogens (tertiary/aromatic N) is 2. The van der Waals surface area contributed by atoms with Gasteiger partial charge in [0.15, 0.2) is 0 Å². The first-order valence-corrected chi connectivity index (χ1v) is 6.36. The van der Waals surface area contributed by atoms with Crippen molar-refractivity contribution in [1.29, 1.82) is 5.26 Å². The summed E-state index contributed by atoms with van der Waals surface area (Å²) in [7, 11) is 0. The maximum atomic E-state index is 8.59. The molecule has 0 aromatic carbocycles. The Labute approximate surface area is 98.0 Å². The van der Waals surface area contributed by atoms with Gasteiger partial charge in [-0.15, -0.1) is 22.7 Å². The summed E-state index contributed by atoms with van der Waals surface area (Å²) in [5, 5.41) is 11.6. The zero-order valence-electron chi connectivity index (χ0n) is 7.03. The molecule has 2 rings (SSSR count). The highest BCUT2D eigenvalue weighted by Gasteiger charge is 2.10. The summed E-state index contributed by atoms with van der Waals surface area (Å²) in [4.78, 5) is 6.52. The van der Waals surface area contributed by atoms with Crippen molar-refractivity contribution in [3.05, 3.63) is 27.0 Å². The third-order valence-electron chi connectivity index (χ3n) is 1.62. The third kappa shape index (κ3) is 1.87. The molecule has 2 aromatic heterocycles. The maximum Gasteiger partial charge on any atom is 0.134 e. The second-order valence-electron chi connectivity index (χ2n) is 2.55. The molecule has 0 radical (unpaired) electrons. The van der Waals surface area contributed by atoms with Crippen LogP contribution in [0.25, 0.3) is 9.88 Å². The third-order valence-corrected chi connectivity index (χ3v) is 4.63. The van der Waals surface area contributed by atoms with Crippen molar-refractivity contribution in [2.75, 3.05) is 0 Å². The Kier molecular flexibility index (Phi) is 2.96. The topological polar surface area (TPSA) is 36.7 Å². The van der Waals surface area contributed by atoms with Crippen LogP contribution in [-0.4, -0.2) is 4.98 Å². The maximum absolute atomic E-state index is 8.59. The van der Waals surface area contributed by atoms with Crippen molar-refractivity contribution in [2.45, 2.75) is 6.42 Å². The molecule has 0 unspecified atom stereocenters. The minimum Gasteiger partial charge on any atom is -0.228 e.